The fourth-order valence-electron chi connectivity index (χ4n) is 3.11. The number of ether oxygens (including phenoxy) is 3. The molecule has 0 fully saturated rings. The number of benzene rings is 2. The third-order valence-corrected chi connectivity index (χ3v) is 6.04. The standard InChI is InChI=1S/C25H22ClNO4S/c1-16-6-9-22(30-11-4-10-29-19-7-8-20(26)17(2)14-19)18(13-16)15-21-25(28)31-24(27-21)23-5-3-12-32-23/h3,5-9,12-15H,4,10-11H2,1-2H3/b21-15+. The minimum absolute atomic E-state index is 0.255. The van der Waals surface area contributed by atoms with Crippen molar-refractivity contribution in [3.63, 3.8) is 0 Å². The van der Waals surface area contributed by atoms with E-state index in [1.807, 2.05) is 67.8 Å². The lowest BCUT2D eigenvalue weighted by Crippen LogP contribution is -2.06. The molecule has 0 radical (unpaired) electrons. The van der Waals surface area contributed by atoms with Gasteiger partial charge in [-0.2, -0.15) is 0 Å². The zero-order valence-electron chi connectivity index (χ0n) is 17.8. The van der Waals surface area contributed by atoms with Crippen LogP contribution in [0.2, 0.25) is 5.02 Å². The fraction of sp³-hybridized carbons (Fsp3) is 0.200. The van der Waals surface area contributed by atoms with Crippen molar-refractivity contribution in [2.24, 2.45) is 4.99 Å². The quantitative estimate of drug-likeness (QED) is 0.224. The summed E-state index contributed by atoms with van der Waals surface area (Å²) in [5, 5.41) is 2.64. The summed E-state index contributed by atoms with van der Waals surface area (Å²) in [5.41, 5.74) is 3.07. The average Bonchev–Trinajstić information content (AvgIpc) is 3.42. The molecule has 0 bridgehead atoms. The Morgan fingerprint density at radius 2 is 1.94 bits per heavy atom. The van der Waals surface area contributed by atoms with E-state index in [4.69, 9.17) is 25.8 Å². The van der Waals surface area contributed by atoms with Crippen molar-refractivity contribution < 1.29 is 19.0 Å². The van der Waals surface area contributed by atoms with Crippen LogP contribution in [0, 0.1) is 13.8 Å². The van der Waals surface area contributed by atoms with E-state index in [0.29, 0.717) is 31.3 Å². The third-order valence-electron chi connectivity index (χ3n) is 4.75. The first-order chi connectivity index (χ1) is 15.5. The number of hydrogen-bond donors (Lipinski definition) is 0. The summed E-state index contributed by atoms with van der Waals surface area (Å²) >= 11 is 7.52. The molecule has 2 aromatic carbocycles. The molecule has 0 aliphatic carbocycles. The number of esters is 1. The summed E-state index contributed by atoms with van der Waals surface area (Å²) < 4.78 is 17.1. The summed E-state index contributed by atoms with van der Waals surface area (Å²) in [6, 6.07) is 15.2. The van der Waals surface area contributed by atoms with Gasteiger partial charge in [0.25, 0.3) is 0 Å². The van der Waals surface area contributed by atoms with Crippen molar-refractivity contribution >= 4 is 40.9 Å². The summed E-state index contributed by atoms with van der Waals surface area (Å²) in [4.78, 5) is 17.5. The monoisotopic (exact) mass is 467 g/mol. The zero-order valence-corrected chi connectivity index (χ0v) is 19.3. The van der Waals surface area contributed by atoms with Gasteiger partial charge in [-0.1, -0.05) is 29.3 Å². The first kappa shape index (κ1) is 22.1. The number of carbonyl (C=O) groups excluding carboxylic acids is 1. The van der Waals surface area contributed by atoms with Gasteiger partial charge in [-0.15, -0.1) is 11.3 Å². The summed E-state index contributed by atoms with van der Waals surface area (Å²) in [6.45, 7) is 4.92. The zero-order chi connectivity index (χ0) is 22.5. The second-order valence-corrected chi connectivity index (χ2v) is 8.67. The minimum Gasteiger partial charge on any atom is -0.493 e. The maximum absolute atomic E-state index is 12.3. The Kier molecular flexibility index (Phi) is 6.93. The second-order valence-electron chi connectivity index (χ2n) is 7.32. The molecule has 1 aliphatic heterocycles. The number of halogens is 1. The van der Waals surface area contributed by atoms with Crippen molar-refractivity contribution in [3.8, 4) is 11.5 Å². The molecule has 0 spiro atoms. The number of hydrogen-bond acceptors (Lipinski definition) is 6. The van der Waals surface area contributed by atoms with Crippen molar-refractivity contribution in [1.82, 2.24) is 0 Å². The Hall–Kier alpha value is -3.09. The van der Waals surface area contributed by atoms with Gasteiger partial charge in [-0.25, -0.2) is 9.79 Å². The van der Waals surface area contributed by atoms with Crippen LogP contribution in [0.3, 0.4) is 0 Å². The van der Waals surface area contributed by atoms with Crippen LogP contribution in [0.15, 0.2) is 64.6 Å². The van der Waals surface area contributed by atoms with E-state index < -0.39 is 5.97 Å². The highest BCUT2D eigenvalue weighted by molar-refractivity contribution is 7.12. The van der Waals surface area contributed by atoms with E-state index in [1.54, 1.807) is 6.08 Å². The number of rotatable bonds is 8. The van der Waals surface area contributed by atoms with E-state index in [9.17, 15) is 4.79 Å². The number of cyclic esters (lactones) is 1. The van der Waals surface area contributed by atoms with Crippen molar-refractivity contribution in [1.29, 1.82) is 0 Å². The molecule has 4 rings (SSSR count). The minimum atomic E-state index is -0.465. The lowest BCUT2D eigenvalue weighted by atomic mass is 10.1. The van der Waals surface area contributed by atoms with Crippen LogP contribution >= 0.6 is 22.9 Å². The SMILES string of the molecule is Cc1ccc(OCCCOc2ccc(Cl)c(C)c2)c(/C=C2/N=C(c3cccs3)OC2=O)c1. The highest BCUT2D eigenvalue weighted by Gasteiger charge is 2.25. The molecule has 1 aromatic heterocycles. The molecule has 7 heteroatoms. The molecule has 0 saturated heterocycles. The molecule has 32 heavy (non-hydrogen) atoms. The van der Waals surface area contributed by atoms with Crippen LogP contribution in [0.1, 0.15) is 28.0 Å². The van der Waals surface area contributed by atoms with Gasteiger partial charge in [-0.05, 0) is 67.3 Å². The van der Waals surface area contributed by atoms with E-state index in [1.165, 1.54) is 11.3 Å². The first-order valence-electron chi connectivity index (χ1n) is 10.2. The molecule has 2 heterocycles. The number of carbonyl (C=O) groups is 1. The van der Waals surface area contributed by atoms with E-state index in [0.717, 1.165) is 32.3 Å². The maximum atomic E-state index is 12.3. The van der Waals surface area contributed by atoms with Gasteiger partial charge < -0.3 is 14.2 Å². The lowest BCUT2D eigenvalue weighted by Gasteiger charge is -2.11. The second kappa shape index (κ2) is 10.0. The third kappa shape index (κ3) is 5.39. The van der Waals surface area contributed by atoms with Gasteiger partial charge in [-0.3, -0.25) is 0 Å². The molecular formula is C25H22ClNO4S. The predicted molar refractivity (Wildman–Crippen MR) is 128 cm³/mol. The van der Waals surface area contributed by atoms with Gasteiger partial charge in [0.1, 0.15) is 11.5 Å². The number of aryl methyl sites for hydroxylation is 2. The molecule has 3 aromatic rings. The summed E-state index contributed by atoms with van der Waals surface area (Å²) in [6.07, 6.45) is 2.41. The van der Waals surface area contributed by atoms with Gasteiger partial charge in [0.2, 0.25) is 5.90 Å². The smallest absolute Gasteiger partial charge is 0.363 e. The van der Waals surface area contributed by atoms with Gasteiger partial charge in [0.15, 0.2) is 5.70 Å². The highest BCUT2D eigenvalue weighted by Crippen LogP contribution is 2.27. The molecule has 164 valence electrons. The molecule has 1 aliphatic rings. The number of aliphatic imine (C=N–C) groups is 1. The van der Waals surface area contributed by atoms with Crippen LogP contribution in [0.4, 0.5) is 0 Å². The van der Waals surface area contributed by atoms with E-state index >= 15 is 0 Å². The molecule has 0 saturated carbocycles. The van der Waals surface area contributed by atoms with Crippen LogP contribution in [0.5, 0.6) is 11.5 Å². The van der Waals surface area contributed by atoms with E-state index in [-0.39, 0.29) is 5.70 Å². The summed E-state index contributed by atoms with van der Waals surface area (Å²) in [7, 11) is 0. The Labute approximate surface area is 195 Å². The van der Waals surface area contributed by atoms with E-state index in [2.05, 4.69) is 4.99 Å². The largest absolute Gasteiger partial charge is 0.493 e. The van der Waals surface area contributed by atoms with Crippen LogP contribution in [-0.2, 0) is 9.53 Å². The molecule has 0 N–H and O–H groups in total. The van der Waals surface area contributed by atoms with Gasteiger partial charge >= 0.3 is 5.97 Å². The van der Waals surface area contributed by atoms with Gasteiger partial charge in [0, 0.05) is 17.0 Å². The molecular weight excluding hydrogens is 446 g/mol. The molecule has 0 amide bonds. The topological polar surface area (TPSA) is 57.1 Å². The molecule has 0 atom stereocenters. The highest BCUT2D eigenvalue weighted by atomic mass is 35.5. The van der Waals surface area contributed by atoms with Crippen LogP contribution in [-0.4, -0.2) is 25.1 Å². The Balaban J connectivity index is 1.39. The molecule has 0 unspecified atom stereocenters. The Bertz CT molecular complexity index is 1180. The van der Waals surface area contributed by atoms with Crippen LogP contribution < -0.4 is 9.47 Å². The normalized spacial score (nSPS) is 14.4. The first-order valence-corrected chi connectivity index (χ1v) is 11.4. The fourth-order valence-corrected chi connectivity index (χ4v) is 3.88. The van der Waals surface area contributed by atoms with Crippen molar-refractivity contribution in [2.45, 2.75) is 20.3 Å². The molecule has 5 nitrogen and oxygen atoms in total. The van der Waals surface area contributed by atoms with Crippen molar-refractivity contribution in [3.05, 3.63) is 86.2 Å². The summed E-state index contributed by atoms with van der Waals surface area (Å²) in [5.74, 6) is 1.33. The average molecular weight is 468 g/mol. The van der Waals surface area contributed by atoms with Crippen LogP contribution in [0.25, 0.3) is 6.08 Å². The van der Waals surface area contributed by atoms with Gasteiger partial charge in [0.05, 0.1) is 18.1 Å². The number of thiophene rings is 1. The Morgan fingerprint density at radius 3 is 2.72 bits per heavy atom. The lowest BCUT2D eigenvalue weighted by molar-refractivity contribution is -0.129. The van der Waals surface area contributed by atoms with Crippen molar-refractivity contribution in [2.75, 3.05) is 13.2 Å². The predicted octanol–water partition coefficient (Wildman–Crippen LogP) is 6.21. The maximum Gasteiger partial charge on any atom is 0.363 e. The number of nitrogens with zero attached hydrogens (tertiary/aromatic N) is 1. The Morgan fingerprint density at radius 1 is 1.09 bits per heavy atom.